The monoisotopic (exact) mass is 419 g/mol. The number of hydrogen-bond donors (Lipinski definition) is 1. The smallest absolute Gasteiger partial charge is 0.433 e. The molecule has 3 aromatic heterocycles. The highest BCUT2D eigenvalue weighted by molar-refractivity contribution is 5.94. The van der Waals surface area contributed by atoms with Crippen LogP contribution in [0.15, 0.2) is 24.4 Å². The van der Waals surface area contributed by atoms with Crippen LogP contribution in [0.1, 0.15) is 28.5 Å². The molecule has 0 saturated heterocycles. The van der Waals surface area contributed by atoms with Crippen LogP contribution in [0.4, 0.5) is 32.2 Å². The summed E-state index contributed by atoms with van der Waals surface area (Å²) < 4.78 is 84.3. The van der Waals surface area contributed by atoms with Crippen LogP contribution < -0.4 is 5.73 Å². The van der Waals surface area contributed by atoms with Gasteiger partial charge in [0.1, 0.15) is 17.1 Å². The molecule has 0 radical (unpaired) electrons. The molecule has 7 nitrogen and oxygen atoms in total. The zero-order valence-electron chi connectivity index (χ0n) is 14.5. The molecule has 0 amide bonds. The van der Waals surface area contributed by atoms with Gasteiger partial charge in [-0.05, 0) is 25.1 Å². The van der Waals surface area contributed by atoms with E-state index in [1.165, 1.54) is 0 Å². The number of anilines is 1. The van der Waals surface area contributed by atoms with Gasteiger partial charge in [0, 0.05) is 5.39 Å². The molecule has 0 aliphatic heterocycles. The summed E-state index contributed by atoms with van der Waals surface area (Å²) in [4.78, 5) is 18.7. The fourth-order valence-electron chi connectivity index (χ4n) is 2.50. The average Bonchev–Trinajstić information content (AvgIpc) is 3.00. The van der Waals surface area contributed by atoms with E-state index < -0.39 is 40.6 Å². The lowest BCUT2D eigenvalue weighted by atomic mass is 10.1. The number of nitrogens with two attached hydrogens (primary N) is 1. The van der Waals surface area contributed by atoms with E-state index in [0.29, 0.717) is 0 Å². The fourth-order valence-corrected chi connectivity index (χ4v) is 2.50. The van der Waals surface area contributed by atoms with Crippen molar-refractivity contribution >= 4 is 22.8 Å². The summed E-state index contributed by atoms with van der Waals surface area (Å²) >= 11 is 0. The Morgan fingerprint density at radius 2 is 1.83 bits per heavy atom. The van der Waals surface area contributed by atoms with Gasteiger partial charge in [0.25, 0.3) is 0 Å². The molecule has 0 unspecified atom stereocenters. The molecule has 0 aromatic carbocycles. The van der Waals surface area contributed by atoms with Crippen LogP contribution in [0, 0.1) is 0 Å². The Labute approximate surface area is 158 Å². The number of alkyl halides is 6. The summed E-state index contributed by atoms with van der Waals surface area (Å²) in [6.07, 6.45) is -9.14. The largest absolute Gasteiger partial charge is 0.462 e. The average molecular weight is 419 g/mol. The topological polar surface area (TPSA) is 95.9 Å². The number of rotatable bonds is 3. The molecule has 2 N–H and O–H groups in total. The second-order valence-corrected chi connectivity index (χ2v) is 5.67. The highest BCUT2D eigenvalue weighted by Gasteiger charge is 2.39. The maximum atomic E-state index is 13.2. The van der Waals surface area contributed by atoms with Crippen LogP contribution in [0.2, 0.25) is 0 Å². The normalized spacial score (nSPS) is 12.4. The third-order valence-electron chi connectivity index (χ3n) is 3.77. The maximum Gasteiger partial charge on any atom is 0.433 e. The lowest BCUT2D eigenvalue weighted by Crippen LogP contribution is -2.15. The minimum Gasteiger partial charge on any atom is -0.462 e. The van der Waals surface area contributed by atoms with Gasteiger partial charge < -0.3 is 10.5 Å². The molecule has 0 aliphatic rings. The first-order valence-corrected chi connectivity index (χ1v) is 7.90. The van der Waals surface area contributed by atoms with Gasteiger partial charge in [-0.2, -0.15) is 36.1 Å². The number of hydrogen-bond acceptors (Lipinski definition) is 6. The molecule has 0 atom stereocenters. The van der Waals surface area contributed by atoms with Gasteiger partial charge in [0.2, 0.25) is 0 Å². The van der Waals surface area contributed by atoms with Crippen LogP contribution in [0.5, 0.6) is 0 Å². The summed E-state index contributed by atoms with van der Waals surface area (Å²) in [6, 6.07) is 1.88. The van der Waals surface area contributed by atoms with Crippen molar-refractivity contribution < 1.29 is 35.9 Å². The van der Waals surface area contributed by atoms with E-state index in [-0.39, 0.29) is 29.9 Å². The summed E-state index contributed by atoms with van der Waals surface area (Å²) in [7, 11) is 0. The van der Waals surface area contributed by atoms with Crippen LogP contribution in [-0.4, -0.2) is 32.3 Å². The zero-order valence-corrected chi connectivity index (χ0v) is 14.5. The molecule has 13 heteroatoms. The third kappa shape index (κ3) is 3.79. The Hall–Kier alpha value is -3.38. The number of ether oxygens (including phenoxy) is 1. The molecule has 3 heterocycles. The summed E-state index contributed by atoms with van der Waals surface area (Å²) in [5.41, 5.74) is 1.56. The van der Waals surface area contributed by atoms with E-state index in [1.807, 2.05) is 0 Å². The zero-order chi connectivity index (χ0) is 21.6. The standard InChI is InChI=1S/C16H11F6N5O2/c1-2-29-14(28)8-6-24-27(12(8)23)11-4-3-7-9(15(17,18)19)5-10(16(20,21)22)25-13(7)26-11/h3-6H,2,23H2,1H3. The Balaban J connectivity index is 2.19. The van der Waals surface area contributed by atoms with E-state index in [9.17, 15) is 31.1 Å². The van der Waals surface area contributed by atoms with E-state index >= 15 is 0 Å². The quantitative estimate of drug-likeness (QED) is 0.515. The summed E-state index contributed by atoms with van der Waals surface area (Å²) in [5.74, 6) is -1.28. The van der Waals surface area contributed by atoms with Gasteiger partial charge in [-0.1, -0.05) is 0 Å². The molecule has 29 heavy (non-hydrogen) atoms. The molecule has 0 spiro atoms. The first kappa shape index (κ1) is 20.4. The second kappa shape index (κ2) is 6.90. The minimum atomic E-state index is -5.12. The SMILES string of the molecule is CCOC(=O)c1cnn(-c2ccc3c(C(F)(F)F)cc(C(F)(F)F)nc3n2)c1N. The molecule has 0 saturated carbocycles. The van der Waals surface area contributed by atoms with Crippen molar-refractivity contribution in [2.24, 2.45) is 0 Å². The van der Waals surface area contributed by atoms with Gasteiger partial charge in [-0.25, -0.2) is 14.8 Å². The highest BCUT2D eigenvalue weighted by atomic mass is 19.4. The van der Waals surface area contributed by atoms with Crippen molar-refractivity contribution in [3.05, 3.63) is 41.2 Å². The molecule has 3 aromatic rings. The predicted molar refractivity (Wildman–Crippen MR) is 87.0 cm³/mol. The first-order valence-electron chi connectivity index (χ1n) is 7.90. The third-order valence-corrected chi connectivity index (χ3v) is 3.77. The van der Waals surface area contributed by atoms with Crippen LogP contribution in [0.3, 0.4) is 0 Å². The van der Waals surface area contributed by atoms with Crippen molar-refractivity contribution in [3.8, 4) is 5.82 Å². The molecular formula is C16H11F6N5O2. The van der Waals surface area contributed by atoms with Crippen molar-refractivity contribution in [2.75, 3.05) is 12.3 Å². The summed E-state index contributed by atoms with van der Waals surface area (Å²) in [6.45, 7) is 1.62. The number of halogens is 6. The number of nitrogens with zero attached hydrogens (tertiary/aromatic N) is 4. The Kier molecular flexibility index (Phi) is 4.84. The molecule has 0 bridgehead atoms. The van der Waals surface area contributed by atoms with Crippen molar-refractivity contribution in [1.29, 1.82) is 0 Å². The molecule has 154 valence electrons. The minimum absolute atomic E-state index is 0.0576. The maximum absolute atomic E-state index is 13.2. The van der Waals surface area contributed by atoms with Gasteiger partial charge in [0.05, 0.1) is 18.4 Å². The molecular weight excluding hydrogens is 408 g/mol. The van der Waals surface area contributed by atoms with Crippen molar-refractivity contribution in [3.63, 3.8) is 0 Å². The number of aromatic nitrogens is 4. The first-order chi connectivity index (χ1) is 13.4. The lowest BCUT2D eigenvalue weighted by Gasteiger charge is -2.14. The van der Waals surface area contributed by atoms with Crippen LogP contribution in [-0.2, 0) is 17.1 Å². The van der Waals surface area contributed by atoms with E-state index in [1.54, 1.807) is 6.92 Å². The summed E-state index contributed by atoms with van der Waals surface area (Å²) in [5, 5.41) is 3.16. The van der Waals surface area contributed by atoms with Crippen molar-refractivity contribution in [2.45, 2.75) is 19.3 Å². The highest BCUT2D eigenvalue weighted by Crippen LogP contribution is 2.38. The number of pyridine rings is 2. The lowest BCUT2D eigenvalue weighted by molar-refractivity contribution is -0.144. The van der Waals surface area contributed by atoms with Gasteiger partial charge in [-0.15, -0.1) is 0 Å². The predicted octanol–water partition coefficient (Wildman–Crippen LogP) is 3.61. The van der Waals surface area contributed by atoms with Crippen LogP contribution >= 0.6 is 0 Å². The number of fused-ring (bicyclic) bond motifs is 1. The Bertz CT molecular complexity index is 1090. The fraction of sp³-hybridized carbons (Fsp3) is 0.250. The van der Waals surface area contributed by atoms with Gasteiger partial charge >= 0.3 is 18.3 Å². The number of esters is 1. The van der Waals surface area contributed by atoms with Crippen LogP contribution in [0.25, 0.3) is 16.9 Å². The van der Waals surface area contributed by atoms with E-state index in [4.69, 9.17) is 10.5 Å². The Morgan fingerprint density at radius 1 is 1.14 bits per heavy atom. The van der Waals surface area contributed by atoms with E-state index in [0.717, 1.165) is 23.0 Å². The Morgan fingerprint density at radius 3 is 2.41 bits per heavy atom. The second-order valence-electron chi connectivity index (χ2n) is 5.67. The molecule has 0 aliphatic carbocycles. The van der Waals surface area contributed by atoms with E-state index in [2.05, 4.69) is 15.1 Å². The number of nitrogen functional groups attached to an aromatic ring is 1. The molecule has 3 rings (SSSR count). The number of carbonyl (C=O) groups excluding carboxylic acids is 1. The van der Waals surface area contributed by atoms with Gasteiger partial charge in [0.15, 0.2) is 11.5 Å². The number of carbonyl (C=O) groups is 1. The van der Waals surface area contributed by atoms with Gasteiger partial charge in [-0.3, -0.25) is 0 Å². The molecule has 0 fully saturated rings. The van der Waals surface area contributed by atoms with Crippen molar-refractivity contribution in [1.82, 2.24) is 19.7 Å².